The van der Waals surface area contributed by atoms with Gasteiger partial charge >= 0.3 is 0 Å². The molecule has 1 N–H and O–H groups in total. The van der Waals surface area contributed by atoms with Crippen LogP contribution in [0.5, 0.6) is 5.75 Å². The molecule has 9 heteroatoms. The second-order valence-electron chi connectivity index (χ2n) is 8.45. The van der Waals surface area contributed by atoms with Crippen molar-refractivity contribution in [3.8, 4) is 11.4 Å². The third-order valence-electron chi connectivity index (χ3n) is 6.02. The van der Waals surface area contributed by atoms with Crippen LogP contribution in [0.1, 0.15) is 28.8 Å². The second kappa shape index (κ2) is 10.0. The van der Waals surface area contributed by atoms with Gasteiger partial charge in [-0.1, -0.05) is 41.1 Å². The fraction of sp³-hybridized carbons (Fsp3) is 0.269. The van der Waals surface area contributed by atoms with Gasteiger partial charge in [-0.05, 0) is 68.5 Å². The second-order valence-corrected chi connectivity index (χ2v) is 10.9. The van der Waals surface area contributed by atoms with Crippen molar-refractivity contribution in [1.82, 2.24) is 9.55 Å². The number of carbonyl (C=O) groups excluding carboxylic acids is 1. The van der Waals surface area contributed by atoms with Crippen molar-refractivity contribution >= 4 is 56.5 Å². The van der Waals surface area contributed by atoms with E-state index < -0.39 is 0 Å². The lowest BCUT2D eigenvalue weighted by atomic mass is 9.97. The quantitative estimate of drug-likeness (QED) is 0.246. The minimum Gasteiger partial charge on any atom is -0.495 e. The molecule has 0 aliphatic heterocycles. The lowest BCUT2D eigenvalue weighted by molar-refractivity contribution is -0.113. The maximum absolute atomic E-state index is 13.8. The Kier molecular flexibility index (Phi) is 6.86. The molecule has 0 fully saturated rings. The molecule has 2 heterocycles. The Hall–Kier alpha value is -2.81. The maximum Gasteiger partial charge on any atom is 0.267 e. The van der Waals surface area contributed by atoms with Gasteiger partial charge in [-0.15, -0.1) is 11.3 Å². The van der Waals surface area contributed by atoms with E-state index in [0.29, 0.717) is 21.6 Å². The number of rotatable bonds is 6. The number of thioether (sulfide) groups is 1. The van der Waals surface area contributed by atoms with Gasteiger partial charge in [0.05, 0.1) is 29.0 Å². The van der Waals surface area contributed by atoms with E-state index in [0.717, 1.165) is 52.7 Å². The van der Waals surface area contributed by atoms with Crippen molar-refractivity contribution < 1.29 is 9.53 Å². The molecule has 2 aromatic carbocycles. The fourth-order valence-corrected chi connectivity index (χ4v) is 6.65. The van der Waals surface area contributed by atoms with E-state index in [1.807, 2.05) is 31.2 Å². The Balaban J connectivity index is 1.48. The molecule has 0 unspecified atom stereocenters. The largest absolute Gasteiger partial charge is 0.495 e. The van der Waals surface area contributed by atoms with E-state index in [1.165, 1.54) is 23.7 Å². The molecule has 0 spiro atoms. The summed E-state index contributed by atoms with van der Waals surface area (Å²) in [4.78, 5) is 33.4. The maximum atomic E-state index is 13.8. The molecule has 1 aliphatic rings. The lowest BCUT2D eigenvalue weighted by Crippen LogP contribution is -2.23. The van der Waals surface area contributed by atoms with Crippen LogP contribution in [0.4, 0.5) is 5.69 Å². The third-order valence-corrected chi connectivity index (χ3v) is 8.44. The normalized spacial score (nSPS) is 13.0. The Bertz CT molecular complexity index is 1480. The summed E-state index contributed by atoms with van der Waals surface area (Å²) in [5, 5.41) is 4.50. The number of fused-ring (bicyclic) bond motifs is 3. The molecular formula is C26H24ClN3O3S2. The number of aryl methyl sites for hydroxylation is 3. The monoisotopic (exact) mass is 525 g/mol. The molecular weight excluding hydrogens is 502 g/mol. The van der Waals surface area contributed by atoms with Gasteiger partial charge < -0.3 is 10.1 Å². The molecule has 1 aliphatic carbocycles. The van der Waals surface area contributed by atoms with E-state index in [9.17, 15) is 9.59 Å². The van der Waals surface area contributed by atoms with E-state index >= 15 is 0 Å². The van der Waals surface area contributed by atoms with Gasteiger partial charge in [-0.25, -0.2) is 4.98 Å². The van der Waals surface area contributed by atoms with Crippen LogP contribution in [0.2, 0.25) is 5.02 Å². The molecule has 4 aromatic rings. The number of anilines is 1. The highest BCUT2D eigenvalue weighted by Crippen LogP contribution is 2.35. The van der Waals surface area contributed by atoms with Gasteiger partial charge in [0, 0.05) is 10.6 Å². The number of halogens is 1. The number of nitrogens with zero attached hydrogens (tertiary/aromatic N) is 2. The highest BCUT2D eigenvalue weighted by Gasteiger charge is 2.23. The summed E-state index contributed by atoms with van der Waals surface area (Å²) in [7, 11) is 1.54. The first-order valence-electron chi connectivity index (χ1n) is 11.3. The van der Waals surface area contributed by atoms with Crippen molar-refractivity contribution in [2.24, 2.45) is 0 Å². The minimum absolute atomic E-state index is 0.0666. The molecule has 5 rings (SSSR count). The van der Waals surface area contributed by atoms with Crippen molar-refractivity contribution in [2.75, 3.05) is 18.2 Å². The van der Waals surface area contributed by atoms with Gasteiger partial charge in [0.15, 0.2) is 5.16 Å². The number of hydrogen-bond donors (Lipinski definition) is 1. The molecule has 0 bridgehead atoms. The molecule has 0 saturated carbocycles. The van der Waals surface area contributed by atoms with Crippen molar-refractivity contribution in [2.45, 2.75) is 37.8 Å². The van der Waals surface area contributed by atoms with Gasteiger partial charge in [-0.3, -0.25) is 14.2 Å². The SMILES string of the molecule is COc1ccc(NC(=O)CSc2nc3sc4c(c3c(=O)n2-c2ccc(C)cc2)CCCC4)cc1Cl. The number of amides is 1. The number of aromatic nitrogens is 2. The van der Waals surface area contributed by atoms with Crippen molar-refractivity contribution in [1.29, 1.82) is 0 Å². The van der Waals surface area contributed by atoms with Crippen molar-refractivity contribution in [3.63, 3.8) is 0 Å². The summed E-state index contributed by atoms with van der Waals surface area (Å²) >= 11 is 9.03. The molecule has 2 aromatic heterocycles. The number of methoxy groups -OCH3 is 1. The first-order valence-corrected chi connectivity index (χ1v) is 13.5. The summed E-state index contributed by atoms with van der Waals surface area (Å²) in [6, 6.07) is 12.9. The van der Waals surface area contributed by atoms with Gasteiger partial charge in [-0.2, -0.15) is 0 Å². The van der Waals surface area contributed by atoms with E-state index in [1.54, 1.807) is 34.1 Å². The van der Waals surface area contributed by atoms with Gasteiger partial charge in [0.2, 0.25) is 5.91 Å². The molecule has 1 amide bonds. The van der Waals surface area contributed by atoms with Crippen LogP contribution in [0.15, 0.2) is 52.4 Å². The van der Waals surface area contributed by atoms with Gasteiger partial charge in [0.1, 0.15) is 10.6 Å². The van der Waals surface area contributed by atoms with Crippen LogP contribution in [0, 0.1) is 6.92 Å². The molecule has 0 radical (unpaired) electrons. The lowest BCUT2D eigenvalue weighted by Gasteiger charge is -2.14. The third kappa shape index (κ3) is 4.83. The summed E-state index contributed by atoms with van der Waals surface area (Å²) in [6.07, 6.45) is 4.15. The minimum atomic E-state index is -0.216. The molecule has 0 saturated heterocycles. The molecule has 180 valence electrons. The number of hydrogen-bond acceptors (Lipinski definition) is 6. The Labute approximate surface area is 216 Å². The van der Waals surface area contributed by atoms with Crippen LogP contribution in [-0.4, -0.2) is 28.3 Å². The smallest absolute Gasteiger partial charge is 0.267 e. The first kappa shape index (κ1) is 23.9. The van der Waals surface area contributed by atoms with Crippen molar-refractivity contribution in [3.05, 3.63) is 73.8 Å². The zero-order chi connectivity index (χ0) is 24.5. The summed E-state index contributed by atoms with van der Waals surface area (Å²) in [5.74, 6) is 0.419. The highest BCUT2D eigenvalue weighted by molar-refractivity contribution is 7.99. The van der Waals surface area contributed by atoms with Crippen LogP contribution < -0.4 is 15.6 Å². The fourth-order valence-electron chi connectivity index (χ4n) is 4.28. The number of ether oxygens (including phenoxy) is 1. The Morgan fingerprint density at radius 2 is 1.97 bits per heavy atom. The Morgan fingerprint density at radius 1 is 1.20 bits per heavy atom. The summed E-state index contributed by atoms with van der Waals surface area (Å²) in [5.41, 5.74) is 3.51. The molecule has 0 atom stereocenters. The predicted octanol–water partition coefficient (Wildman–Crippen LogP) is 6.03. The van der Waals surface area contributed by atoms with Crippen LogP contribution in [-0.2, 0) is 17.6 Å². The average molecular weight is 526 g/mol. The standard InChI is InChI=1S/C26H24ClN3O3S2/c1-15-7-10-17(11-8-15)30-25(32)23-18-5-3-4-6-21(18)35-24(23)29-26(30)34-14-22(31)28-16-9-12-20(33-2)19(27)13-16/h7-13H,3-6,14H2,1-2H3,(H,28,31). The summed E-state index contributed by atoms with van der Waals surface area (Å²) in [6.45, 7) is 2.01. The topological polar surface area (TPSA) is 73.2 Å². The zero-order valence-corrected chi connectivity index (χ0v) is 21.8. The Morgan fingerprint density at radius 3 is 2.71 bits per heavy atom. The average Bonchev–Trinajstić information content (AvgIpc) is 3.22. The van der Waals surface area contributed by atoms with Crippen LogP contribution >= 0.6 is 34.7 Å². The summed E-state index contributed by atoms with van der Waals surface area (Å²) < 4.78 is 6.81. The van der Waals surface area contributed by atoms with Crippen LogP contribution in [0.25, 0.3) is 15.9 Å². The zero-order valence-electron chi connectivity index (χ0n) is 19.4. The van der Waals surface area contributed by atoms with E-state index in [-0.39, 0.29) is 17.2 Å². The van der Waals surface area contributed by atoms with E-state index in [4.69, 9.17) is 21.3 Å². The molecule has 6 nitrogen and oxygen atoms in total. The highest BCUT2D eigenvalue weighted by atomic mass is 35.5. The first-order chi connectivity index (χ1) is 16.9. The molecule has 35 heavy (non-hydrogen) atoms. The predicted molar refractivity (Wildman–Crippen MR) is 144 cm³/mol. The van der Waals surface area contributed by atoms with Crippen LogP contribution in [0.3, 0.4) is 0 Å². The number of carbonyl (C=O) groups is 1. The number of benzene rings is 2. The van der Waals surface area contributed by atoms with E-state index in [2.05, 4.69) is 5.32 Å². The number of thiophene rings is 1. The van der Waals surface area contributed by atoms with Gasteiger partial charge in [0.25, 0.3) is 5.56 Å². The number of nitrogens with one attached hydrogen (secondary N) is 1.